The van der Waals surface area contributed by atoms with Crippen molar-refractivity contribution in [2.24, 2.45) is 5.92 Å². The van der Waals surface area contributed by atoms with Gasteiger partial charge >= 0.3 is 0 Å². The third-order valence-corrected chi connectivity index (χ3v) is 5.14. The van der Waals surface area contributed by atoms with Gasteiger partial charge in [-0.05, 0) is 50.2 Å². The summed E-state index contributed by atoms with van der Waals surface area (Å²) < 4.78 is 0. The third kappa shape index (κ3) is 4.57. The average molecular weight is 345 g/mol. The quantitative estimate of drug-likeness (QED) is 0.802. The van der Waals surface area contributed by atoms with Crippen LogP contribution in [0.4, 0.5) is 0 Å². The van der Waals surface area contributed by atoms with E-state index in [1.807, 2.05) is 19.9 Å². The van der Waals surface area contributed by atoms with Gasteiger partial charge in [0.2, 0.25) is 5.91 Å². The van der Waals surface area contributed by atoms with E-state index in [1.165, 1.54) is 18.7 Å². The lowest BCUT2D eigenvalue weighted by Crippen LogP contribution is -2.44. The van der Waals surface area contributed by atoms with Crippen molar-refractivity contribution in [3.05, 3.63) is 22.9 Å². The number of nitrogens with one attached hydrogen (secondary N) is 1. The molecular weight excluding hydrogens is 322 g/mol. The first-order valence-corrected chi connectivity index (χ1v) is 9.26. The Morgan fingerprint density at radius 2 is 2.08 bits per heavy atom. The predicted molar refractivity (Wildman–Crippen MR) is 93.8 cm³/mol. The molecule has 0 aromatic carbocycles. The number of aryl methyl sites for hydroxylation is 2. The molecule has 1 N–H and O–H groups in total. The van der Waals surface area contributed by atoms with Gasteiger partial charge in [0, 0.05) is 5.69 Å². The minimum absolute atomic E-state index is 0.0482. The highest BCUT2D eigenvalue weighted by Gasteiger charge is 2.21. The van der Waals surface area contributed by atoms with Crippen LogP contribution >= 0.6 is 11.8 Å². The van der Waals surface area contributed by atoms with Crippen LogP contribution in [0, 0.1) is 17.2 Å². The zero-order valence-corrected chi connectivity index (χ0v) is 15.2. The smallest absolute Gasteiger partial charge is 0.231 e. The molecule has 1 aliphatic carbocycles. The molecule has 24 heavy (non-hydrogen) atoms. The summed E-state index contributed by atoms with van der Waals surface area (Å²) in [5.41, 5.74) is 2.73. The van der Waals surface area contributed by atoms with Crippen LogP contribution in [0.15, 0.2) is 11.1 Å². The fraction of sp³-hybridized carbons (Fsp3) is 0.556. The van der Waals surface area contributed by atoms with Gasteiger partial charge in [0.15, 0.2) is 5.78 Å². The Bertz CT molecular complexity index is 680. The maximum absolute atomic E-state index is 12.1. The maximum Gasteiger partial charge on any atom is 0.231 e. The van der Waals surface area contributed by atoms with Crippen LogP contribution in [-0.4, -0.2) is 28.5 Å². The number of carbonyl (C=O) groups is 2. The maximum atomic E-state index is 12.1. The van der Waals surface area contributed by atoms with Crippen molar-refractivity contribution in [2.45, 2.75) is 57.5 Å². The highest BCUT2D eigenvalue weighted by Crippen LogP contribution is 2.27. The fourth-order valence-electron chi connectivity index (χ4n) is 2.89. The van der Waals surface area contributed by atoms with E-state index in [2.05, 4.69) is 16.4 Å². The molecule has 5 nitrogen and oxygen atoms in total. The standard InChI is InChI=1S/C18H23N3O2S/c1-11(2)17(12(3)22)21-16(23)10-24-18-14(9-19)8-13-6-4-5-7-15(13)20-18/h8,11,17H,4-7,10H2,1-3H3,(H,21,23). The highest BCUT2D eigenvalue weighted by molar-refractivity contribution is 8.00. The molecule has 0 spiro atoms. The first-order chi connectivity index (χ1) is 11.4. The molecule has 1 aromatic heterocycles. The largest absolute Gasteiger partial charge is 0.345 e. The fourth-order valence-corrected chi connectivity index (χ4v) is 3.68. The monoisotopic (exact) mass is 345 g/mol. The summed E-state index contributed by atoms with van der Waals surface area (Å²) in [6.45, 7) is 5.29. The summed E-state index contributed by atoms with van der Waals surface area (Å²) in [6, 6.07) is 3.62. The lowest BCUT2D eigenvalue weighted by atomic mass is 9.95. The molecule has 1 unspecified atom stereocenters. The van der Waals surface area contributed by atoms with E-state index in [9.17, 15) is 14.9 Å². The van der Waals surface area contributed by atoms with Gasteiger partial charge < -0.3 is 5.32 Å². The first kappa shape index (κ1) is 18.5. The molecule has 0 saturated carbocycles. The molecule has 128 valence electrons. The second kappa shape index (κ2) is 8.29. The molecule has 1 heterocycles. The van der Waals surface area contributed by atoms with E-state index in [0.717, 1.165) is 36.9 Å². The summed E-state index contributed by atoms with van der Waals surface area (Å²) in [4.78, 5) is 28.3. The van der Waals surface area contributed by atoms with Crippen LogP contribution in [0.5, 0.6) is 0 Å². The molecule has 0 radical (unpaired) electrons. The van der Waals surface area contributed by atoms with E-state index >= 15 is 0 Å². The van der Waals surface area contributed by atoms with Crippen molar-refractivity contribution in [1.29, 1.82) is 5.26 Å². The minimum atomic E-state index is -0.468. The number of aromatic nitrogens is 1. The number of rotatable bonds is 6. The molecule has 0 bridgehead atoms. The molecule has 1 aromatic rings. The lowest BCUT2D eigenvalue weighted by molar-refractivity contribution is -0.126. The molecule has 0 aliphatic heterocycles. The van der Waals surface area contributed by atoms with E-state index in [-0.39, 0.29) is 23.4 Å². The van der Waals surface area contributed by atoms with E-state index in [4.69, 9.17) is 0 Å². The SMILES string of the molecule is CC(=O)C(NC(=O)CSc1nc2c(cc1C#N)CCCC2)C(C)C. The number of carbonyl (C=O) groups excluding carboxylic acids is 2. The van der Waals surface area contributed by atoms with Gasteiger partial charge in [0.1, 0.15) is 11.1 Å². The summed E-state index contributed by atoms with van der Waals surface area (Å²) in [6.07, 6.45) is 4.15. The van der Waals surface area contributed by atoms with Gasteiger partial charge in [-0.1, -0.05) is 25.6 Å². The van der Waals surface area contributed by atoms with Crippen LogP contribution in [0.2, 0.25) is 0 Å². The van der Waals surface area contributed by atoms with E-state index in [0.29, 0.717) is 10.6 Å². The topological polar surface area (TPSA) is 82.8 Å². The molecule has 6 heteroatoms. The second-order valence-corrected chi connectivity index (χ2v) is 7.42. The second-order valence-electron chi connectivity index (χ2n) is 6.45. The van der Waals surface area contributed by atoms with Crippen molar-refractivity contribution in [1.82, 2.24) is 10.3 Å². The normalized spacial score (nSPS) is 14.6. The molecular formula is C18H23N3O2S. The van der Waals surface area contributed by atoms with E-state index in [1.54, 1.807) is 0 Å². The van der Waals surface area contributed by atoms with Gasteiger partial charge in [-0.25, -0.2) is 4.98 Å². The summed E-state index contributed by atoms with van der Waals surface area (Å²) in [5.74, 6) is -0.0602. The van der Waals surface area contributed by atoms with Crippen LogP contribution in [0.3, 0.4) is 0 Å². The Hall–Kier alpha value is -1.87. The van der Waals surface area contributed by atoms with Crippen molar-refractivity contribution in [3.8, 4) is 6.07 Å². The predicted octanol–water partition coefficient (Wildman–Crippen LogP) is 2.65. The van der Waals surface area contributed by atoms with Crippen LogP contribution in [0.25, 0.3) is 0 Å². The van der Waals surface area contributed by atoms with Crippen molar-refractivity contribution in [3.63, 3.8) is 0 Å². The van der Waals surface area contributed by atoms with Crippen molar-refractivity contribution in [2.75, 3.05) is 5.75 Å². The number of thioether (sulfide) groups is 1. The molecule has 1 amide bonds. The number of amides is 1. The Morgan fingerprint density at radius 1 is 1.38 bits per heavy atom. The zero-order valence-electron chi connectivity index (χ0n) is 14.4. The van der Waals surface area contributed by atoms with Gasteiger partial charge in [0.05, 0.1) is 17.4 Å². The van der Waals surface area contributed by atoms with Gasteiger partial charge in [-0.15, -0.1) is 0 Å². The lowest BCUT2D eigenvalue weighted by Gasteiger charge is -2.19. The Morgan fingerprint density at radius 3 is 2.71 bits per heavy atom. The highest BCUT2D eigenvalue weighted by atomic mass is 32.2. The molecule has 1 aliphatic rings. The average Bonchev–Trinajstić information content (AvgIpc) is 2.56. The number of nitriles is 1. The summed E-state index contributed by atoms with van der Waals surface area (Å²) in [5, 5.41) is 12.7. The molecule has 0 fully saturated rings. The Kier molecular flexibility index (Phi) is 6.38. The third-order valence-electron chi connectivity index (χ3n) is 4.15. The zero-order chi connectivity index (χ0) is 17.7. The van der Waals surface area contributed by atoms with Crippen LogP contribution < -0.4 is 5.32 Å². The molecule has 2 rings (SSSR count). The van der Waals surface area contributed by atoms with E-state index < -0.39 is 6.04 Å². The first-order valence-electron chi connectivity index (χ1n) is 8.28. The van der Waals surface area contributed by atoms with Crippen molar-refractivity contribution >= 4 is 23.5 Å². The number of Topliss-reactive ketones (excluding diaryl/α,β-unsaturated/α-hetero) is 1. The summed E-state index contributed by atoms with van der Waals surface area (Å²) >= 11 is 1.26. The number of pyridine rings is 1. The van der Waals surface area contributed by atoms with Gasteiger partial charge in [0.25, 0.3) is 0 Å². The van der Waals surface area contributed by atoms with Gasteiger partial charge in [-0.2, -0.15) is 5.26 Å². The number of ketones is 1. The Labute approximate surface area is 147 Å². The number of fused-ring (bicyclic) bond motifs is 1. The van der Waals surface area contributed by atoms with Gasteiger partial charge in [-0.3, -0.25) is 9.59 Å². The Balaban J connectivity index is 2.05. The number of hydrogen-bond donors (Lipinski definition) is 1. The summed E-state index contributed by atoms with van der Waals surface area (Å²) in [7, 11) is 0. The number of hydrogen-bond acceptors (Lipinski definition) is 5. The van der Waals surface area contributed by atoms with Crippen LogP contribution in [-0.2, 0) is 22.4 Å². The van der Waals surface area contributed by atoms with Crippen molar-refractivity contribution < 1.29 is 9.59 Å². The molecule has 1 atom stereocenters. The van der Waals surface area contributed by atoms with Crippen LogP contribution in [0.1, 0.15) is 50.4 Å². The molecule has 0 saturated heterocycles. The minimum Gasteiger partial charge on any atom is -0.345 e. The number of nitrogens with zero attached hydrogens (tertiary/aromatic N) is 2.